The molecule has 1 aliphatic rings. The van der Waals surface area contributed by atoms with Crippen molar-refractivity contribution in [2.45, 2.75) is 19.3 Å². The Labute approximate surface area is 141 Å². The second-order valence-corrected chi connectivity index (χ2v) is 6.11. The zero-order valence-corrected chi connectivity index (χ0v) is 13.2. The van der Waals surface area contributed by atoms with Gasteiger partial charge in [0, 0.05) is 31.6 Å². The summed E-state index contributed by atoms with van der Waals surface area (Å²) in [6.45, 7) is 2.24. The molecule has 1 saturated heterocycles. The van der Waals surface area contributed by atoms with Crippen LogP contribution in [0, 0.1) is 17.2 Å². The summed E-state index contributed by atoms with van der Waals surface area (Å²) in [5, 5.41) is 12.2. The summed E-state index contributed by atoms with van der Waals surface area (Å²) in [5.74, 6) is 0.0899. The SMILES string of the molecule is N#Cc1ccc(CN2CC(Cn3nc(C(F)(F)F)ccc3=O)C2)cc1. The highest BCUT2D eigenvalue weighted by molar-refractivity contribution is 5.31. The fourth-order valence-corrected chi connectivity index (χ4v) is 2.84. The van der Waals surface area contributed by atoms with E-state index in [0.29, 0.717) is 31.3 Å². The van der Waals surface area contributed by atoms with Crippen LogP contribution in [0.5, 0.6) is 0 Å². The number of alkyl halides is 3. The van der Waals surface area contributed by atoms with Gasteiger partial charge >= 0.3 is 6.18 Å². The summed E-state index contributed by atoms with van der Waals surface area (Å²) in [6.07, 6.45) is -4.56. The minimum atomic E-state index is -4.56. The molecule has 1 aromatic carbocycles. The van der Waals surface area contributed by atoms with Crippen LogP contribution in [0.1, 0.15) is 16.8 Å². The average Bonchev–Trinajstić information content (AvgIpc) is 2.54. The lowest BCUT2D eigenvalue weighted by Crippen LogP contribution is -2.49. The van der Waals surface area contributed by atoms with Gasteiger partial charge in [-0.3, -0.25) is 9.69 Å². The van der Waals surface area contributed by atoms with Gasteiger partial charge in [0.15, 0.2) is 5.69 Å². The van der Waals surface area contributed by atoms with E-state index >= 15 is 0 Å². The lowest BCUT2D eigenvalue weighted by atomic mass is 9.99. The summed E-state index contributed by atoms with van der Waals surface area (Å²) >= 11 is 0. The van der Waals surface area contributed by atoms with Gasteiger partial charge in [0.2, 0.25) is 0 Å². The summed E-state index contributed by atoms with van der Waals surface area (Å²) in [4.78, 5) is 13.8. The molecule has 0 saturated carbocycles. The molecule has 5 nitrogen and oxygen atoms in total. The number of likely N-dealkylation sites (tertiary alicyclic amines) is 1. The van der Waals surface area contributed by atoms with E-state index in [9.17, 15) is 18.0 Å². The first-order chi connectivity index (χ1) is 11.8. The molecule has 1 fully saturated rings. The van der Waals surface area contributed by atoms with Crippen LogP contribution in [0.25, 0.3) is 0 Å². The Morgan fingerprint density at radius 2 is 1.84 bits per heavy atom. The second kappa shape index (κ2) is 6.69. The largest absolute Gasteiger partial charge is 0.435 e. The molecule has 1 aromatic heterocycles. The summed E-state index contributed by atoms with van der Waals surface area (Å²) in [6, 6.07) is 10.9. The number of nitrogens with zero attached hydrogens (tertiary/aromatic N) is 4. The number of halogens is 3. The van der Waals surface area contributed by atoms with E-state index in [2.05, 4.69) is 16.1 Å². The van der Waals surface area contributed by atoms with Crippen molar-refractivity contribution >= 4 is 0 Å². The number of aromatic nitrogens is 2. The van der Waals surface area contributed by atoms with Gasteiger partial charge in [-0.1, -0.05) is 12.1 Å². The molecule has 2 heterocycles. The van der Waals surface area contributed by atoms with Crippen molar-refractivity contribution < 1.29 is 13.2 Å². The highest BCUT2D eigenvalue weighted by Gasteiger charge is 2.34. The monoisotopic (exact) mass is 348 g/mol. The third-order valence-electron chi connectivity index (χ3n) is 4.11. The molecule has 2 aromatic rings. The van der Waals surface area contributed by atoms with Crippen LogP contribution in [0.4, 0.5) is 13.2 Å². The van der Waals surface area contributed by atoms with Crippen molar-refractivity contribution in [1.29, 1.82) is 5.26 Å². The van der Waals surface area contributed by atoms with Gasteiger partial charge in [-0.05, 0) is 23.8 Å². The predicted molar refractivity (Wildman–Crippen MR) is 83.4 cm³/mol. The maximum atomic E-state index is 12.7. The van der Waals surface area contributed by atoms with E-state index in [4.69, 9.17) is 5.26 Å². The average molecular weight is 348 g/mol. The van der Waals surface area contributed by atoms with Gasteiger partial charge in [0.05, 0.1) is 18.2 Å². The van der Waals surface area contributed by atoms with Crippen molar-refractivity contribution in [3.05, 3.63) is 63.6 Å². The minimum absolute atomic E-state index is 0.0899. The molecule has 25 heavy (non-hydrogen) atoms. The van der Waals surface area contributed by atoms with Crippen molar-refractivity contribution in [1.82, 2.24) is 14.7 Å². The van der Waals surface area contributed by atoms with Crippen molar-refractivity contribution in [3.63, 3.8) is 0 Å². The Morgan fingerprint density at radius 1 is 1.16 bits per heavy atom. The van der Waals surface area contributed by atoms with Crippen LogP contribution >= 0.6 is 0 Å². The number of nitriles is 1. The molecule has 1 aliphatic heterocycles. The smallest absolute Gasteiger partial charge is 0.298 e. The maximum Gasteiger partial charge on any atom is 0.435 e. The summed E-state index contributed by atoms with van der Waals surface area (Å²) in [7, 11) is 0. The van der Waals surface area contributed by atoms with Crippen molar-refractivity contribution in [3.8, 4) is 6.07 Å². The standard InChI is InChI=1S/C17H15F3N4O/c18-17(19,20)15-5-6-16(25)24(22-15)11-14-9-23(10-14)8-13-3-1-12(7-21)2-4-13/h1-6,14H,8-11H2. The molecule has 0 bridgehead atoms. The van der Waals surface area contributed by atoms with E-state index in [0.717, 1.165) is 16.3 Å². The first kappa shape index (κ1) is 17.2. The first-order valence-corrected chi connectivity index (χ1v) is 7.72. The number of hydrogen-bond acceptors (Lipinski definition) is 4. The first-order valence-electron chi connectivity index (χ1n) is 7.72. The molecule has 0 amide bonds. The Kier molecular flexibility index (Phi) is 4.59. The highest BCUT2D eigenvalue weighted by Crippen LogP contribution is 2.26. The molecule has 0 radical (unpaired) electrons. The van der Waals surface area contributed by atoms with Crippen LogP contribution in [0.15, 0.2) is 41.2 Å². The third-order valence-corrected chi connectivity index (χ3v) is 4.11. The van der Waals surface area contributed by atoms with E-state index in [-0.39, 0.29) is 12.5 Å². The Morgan fingerprint density at radius 3 is 2.44 bits per heavy atom. The number of rotatable bonds is 4. The van der Waals surface area contributed by atoms with E-state index in [1.165, 1.54) is 0 Å². The molecule has 0 unspecified atom stereocenters. The molecule has 8 heteroatoms. The van der Waals surface area contributed by atoms with Crippen LogP contribution in [0.2, 0.25) is 0 Å². The highest BCUT2D eigenvalue weighted by atomic mass is 19.4. The van der Waals surface area contributed by atoms with Crippen molar-refractivity contribution in [2.75, 3.05) is 13.1 Å². The van der Waals surface area contributed by atoms with E-state index in [1.807, 2.05) is 12.1 Å². The fraction of sp³-hybridized carbons (Fsp3) is 0.353. The fourth-order valence-electron chi connectivity index (χ4n) is 2.84. The van der Waals surface area contributed by atoms with E-state index in [1.54, 1.807) is 12.1 Å². The van der Waals surface area contributed by atoms with Gasteiger partial charge in [0.25, 0.3) is 5.56 Å². The van der Waals surface area contributed by atoms with Crippen LogP contribution < -0.4 is 5.56 Å². The lowest BCUT2D eigenvalue weighted by molar-refractivity contribution is -0.142. The number of benzene rings is 1. The van der Waals surface area contributed by atoms with Crippen LogP contribution in [0.3, 0.4) is 0 Å². The van der Waals surface area contributed by atoms with Gasteiger partial charge in [-0.2, -0.15) is 23.5 Å². The normalized spacial score (nSPS) is 15.6. The maximum absolute atomic E-state index is 12.7. The molecule has 130 valence electrons. The van der Waals surface area contributed by atoms with Crippen LogP contribution in [-0.4, -0.2) is 27.8 Å². The van der Waals surface area contributed by atoms with Gasteiger partial charge < -0.3 is 0 Å². The Balaban J connectivity index is 1.57. The molecule has 0 N–H and O–H groups in total. The Hall–Kier alpha value is -2.66. The summed E-state index contributed by atoms with van der Waals surface area (Å²) < 4.78 is 39.0. The van der Waals surface area contributed by atoms with Crippen molar-refractivity contribution in [2.24, 2.45) is 5.92 Å². The van der Waals surface area contributed by atoms with Crippen LogP contribution in [-0.2, 0) is 19.3 Å². The van der Waals surface area contributed by atoms with Gasteiger partial charge in [-0.25, -0.2) is 4.68 Å². The minimum Gasteiger partial charge on any atom is -0.298 e. The third kappa shape index (κ3) is 4.06. The molecule has 0 aliphatic carbocycles. The summed E-state index contributed by atoms with van der Waals surface area (Å²) in [5.41, 5.74) is 0.0754. The van der Waals surface area contributed by atoms with Gasteiger partial charge in [-0.15, -0.1) is 0 Å². The quantitative estimate of drug-likeness (QED) is 0.850. The van der Waals surface area contributed by atoms with E-state index < -0.39 is 17.4 Å². The zero-order chi connectivity index (χ0) is 18.0. The topological polar surface area (TPSA) is 61.9 Å². The molecule has 0 spiro atoms. The van der Waals surface area contributed by atoms with Gasteiger partial charge in [0.1, 0.15) is 0 Å². The zero-order valence-electron chi connectivity index (χ0n) is 13.2. The molecular formula is C17H15F3N4O. The molecular weight excluding hydrogens is 333 g/mol. The number of hydrogen-bond donors (Lipinski definition) is 0. The lowest BCUT2D eigenvalue weighted by Gasteiger charge is -2.39. The molecule has 0 atom stereocenters. The second-order valence-electron chi connectivity index (χ2n) is 6.11. The Bertz CT molecular complexity index is 846. The predicted octanol–water partition coefficient (Wildman–Crippen LogP) is 2.27. The molecule has 3 rings (SSSR count).